The number of fused-ring (bicyclic) bond motifs is 1. The molecule has 3 heterocycles. The summed E-state index contributed by atoms with van der Waals surface area (Å²) in [5.41, 5.74) is 0.521. The number of rotatable bonds is 8. The number of carbonyl (C=O) groups excluding carboxylic acids is 2. The Balaban J connectivity index is 1.36. The molecule has 7 heteroatoms. The zero-order valence-corrected chi connectivity index (χ0v) is 22.0. The lowest BCUT2D eigenvalue weighted by molar-refractivity contribution is -0.133. The van der Waals surface area contributed by atoms with Gasteiger partial charge in [0.2, 0.25) is 5.91 Å². The summed E-state index contributed by atoms with van der Waals surface area (Å²) in [4.78, 5) is 32.0. The second kappa shape index (κ2) is 10.8. The van der Waals surface area contributed by atoms with E-state index in [1.807, 2.05) is 40.7 Å². The average molecular weight is 495 g/mol. The third-order valence-electron chi connectivity index (χ3n) is 8.80. The van der Waals surface area contributed by atoms with E-state index in [2.05, 4.69) is 17.3 Å². The highest BCUT2D eigenvalue weighted by molar-refractivity contribution is 6.00. The van der Waals surface area contributed by atoms with Crippen molar-refractivity contribution >= 4 is 11.8 Å². The maximum Gasteiger partial charge on any atom is 0.271 e. The van der Waals surface area contributed by atoms with Crippen LogP contribution in [0.2, 0.25) is 0 Å². The van der Waals surface area contributed by atoms with E-state index in [9.17, 15) is 9.59 Å². The van der Waals surface area contributed by atoms with Crippen LogP contribution in [-0.2, 0) is 11.3 Å². The van der Waals surface area contributed by atoms with Gasteiger partial charge >= 0.3 is 0 Å². The fourth-order valence-electron chi connectivity index (χ4n) is 6.53. The maximum absolute atomic E-state index is 13.9. The molecule has 196 valence electrons. The number of nitrogens with zero attached hydrogens (tertiary/aromatic N) is 3. The summed E-state index contributed by atoms with van der Waals surface area (Å²) in [6, 6.07) is 8.41. The second-order valence-electron chi connectivity index (χ2n) is 11.3. The van der Waals surface area contributed by atoms with E-state index in [0.717, 1.165) is 44.3 Å². The van der Waals surface area contributed by atoms with E-state index in [1.54, 1.807) is 6.26 Å². The Morgan fingerprint density at radius 1 is 1.06 bits per heavy atom. The molecule has 5 rings (SSSR count). The summed E-state index contributed by atoms with van der Waals surface area (Å²) in [5, 5.41) is 3.33. The van der Waals surface area contributed by atoms with Crippen molar-refractivity contribution in [2.24, 2.45) is 0 Å². The molecule has 0 radical (unpaired) electrons. The topological polar surface area (TPSA) is 70.7 Å². The van der Waals surface area contributed by atoms with Gasteiger partial charge in [-0.15, -0.1) is 0 Å². The normalized spacial score (nSPS) is 23.8. The monoisotopic (exact) mass is 494 g/mol. The van der Waals surface area contributed by atoms with Crippen molar-refractivity contribution in [3.05, 3.63) is 36.2 Å². The summed E-state index contributed by atoms with van der Waals surface area (Å²) in [6.45, 7) is 3.88. The molecule has 2 aromatic rings. The van der Waals surface area contributed by atoms with Gasteiger partial charge < -0.3 is 24.1 Å². The third-order valence-corrected chi connectivity index (χ3v) is 8.80. The summed E-state index contributed by atoms with van der Waals surface area (Å²) in [5.74, 6) is 0.612. The molecule has 1 atom stereocenters. The number of aromatic nitrogens is 1. The van der Waals surface area contributed by atoms with Gasteiger partial charge in [0.15, 0.2) is 0 Å². The molecule has 0 aromatic carbocycles. The minimum atomic E-state index is -0.953. The van der Waals surface area contributed by atoms with Gasteiger partial charge in [0, 0.05) is 18.6 Å². The molecule has 0 saturated heterocycles. The predicted octanol–water partition coefficient (Wildman–Crippen LogP) is 5.07. The average Bonchev–Trinajstić information content (AvgIpc) is 3.57. The van der Waals surface area contributed by atoms with Gasteiger partial charge in [-0.05, 0) is 76.9 Å². The van der Waals surface area contributed by atoms with Crippen LogP contribution in [-0.4, -0.2) is 63.9 Å². The van der Waals surface area contributed by atoms with E-state index in [1.165, 1.54) is 38.5 Å². The van der Waals surface area contributed by atoms with E-state index in [-0.39, 0.29) is 17.9 Å². The highest BCUT2D eigenvalue weighted by Gasteiger charge is 2.48. The van der Waals surface area contributed by atoms with Crippen LogP contribution >= 0.6 is 0 Å². The molecule has 2 saturated carbocycles. The maximum atomic E-state index is 13.9. The first kappa shape index (κ1) is 25.1. The Labute approximate surface area is 215 Å². The summed E-state index contributed by atoms with van der Waals surface area (Å²) in [7, 11) is 2.21. The van der Waals surface area contributed by atoms with Crippen LogP contribution < -0.4 is 5.32 Å². The zero-order chi connectivity index (χ0) is 25.1. The molecule has 1 aliphatic heterocycles. The van der Waals surface area contributed by atoms with E-state index in [0.29, 0.717) is 30.6 Å². The first-order chi connectivity index (χ1) is 17.5. The van der Waals surface area contributed by atoms with Gasteiger partial charge in [0.05, 0.1) is 18.5 Å². The first-order valence-electron chi connectivity index (χ1n) is 14.0. The van der Waals surface area contributed by atoms with Crippen molar-refractivity contribution in [1.82, 2.24) is 19.7 Å². The number of carbonyl (C=O) groups is 2. The third kappa shape index (κ3) is 4.99. The lowest BCUT2D eigenvalue weighted by Crippen LogP contribution is -2.65. The number of hydrogen-bond donors (Lipinski definition) is 1. The zero-order valence-electron chi connectivity index (χ0n) is 22.0. The first-order valence-corrected chi connectivity index (χ1v) is 14.0. The van der Waals surface area contributed by atoms with Gasteiger partial charge in [-0.3, -0.25) is 9.59 Å². The van der Waals surface area contributed by atoms with E-state index in [4.69, 9.17) is 4.42 Å². The minimum Gasteiger partial charge on any atom is -0.463 e. The highest BCUT2D eigenvalue weighted by Crippen LogP contribution is 2.34. The standard InChI is InChI=1S/C29H42N4O3/c1-29(28(35)30-22-11-5-3-6-12-22)21-32-24(26-15-9-20-36-26)16-17-25(32)27(34)33(29)19-10-18-31(2)23-13-7-4-8-14-23/h9,15-17,20,22-23H,3-8,10-14,18-19,21H2,1-2H3,(H,30,35). The minimum absolute atomic E-state index is 0.0341. The van der Waals surface area contributed by atoms with E-state index >= 15 is 0 Å². The largest absolute Gasteiger partial charge is 0.463 e. The summed E-state index contributed by atoms with van der Waals surface area (Å²) >= 11 is 0. The Morgan fingerprint density at radius 3 is 2.44 bits per heavy atom. The molecule has 1 N–H and O–H groups in total. The van der Waals surface area contributed by atoms with Crippen molar-refractivity contribution in [3.8, 4) is 11.5 Å². The van der Waals surface area contributed by atoms with Crippen molar-refractivity contribution in [1.29, 1.82) is 0 Å². The lowest BCUT2D eigenvalue weighted by Gasteiger charge is -2.45. The Morgan fingerprint density at radius 2 is 1.75 bits per heavy atom. The lowest BCUT2D eigenvalue weighted by atomic mass is 9.91. The quantitative estimate of drug-likeness (QED) is 0.556. The highest BCUT2D eigenvalue weighted by atomic mass is 16.3. The molecular weight excluding hydrogens is 452 g/mol. The van der Waals surface area contributed by atoms with Crippen LogP contribution in [0.4, 0.5) is 0 Å². The second-order valence-corrected chi connectivity index (χ2v) is 11.3. The molecule has 2 amide bonds. The Bertz CT molecular complexity index is 1030. The Kier molecular flexibility index (Phi) is 7.56. The Hall–Kier alpha value is -2.54. The molecule has 0 bridgehead atoms. The number of amides is 2. The molecule has 2 aromatic heterocycles. The van der Waals surface area contributed by atoms with E-state index < -0.39 is 5.54 Å². The molecule has 2 aliphatic carbocycles. The number of nitrogens with one attached hydrogen (secondary N) is 1. The summed E-state index contributed by atoms with van der Waals surface area (Å²) < 4.78 is 7.63. The fourth-order valence-corrected chi connectivity index (χ4v) is 6.53. The van der Waals surface area contributed by atoms with Gasteiger partial charge in [0.1, 0.15) is 17.0 Å². The molecule has 7 nitrogen and oxygen atoms in total. The van der Waals surface area contributed by atoms with Gasteiger partial charge in [-0.25, -0.2) is 0 Å². The SMILES string of the molecule is CN(CCCN1C(=O)c2ccc(-c3ccco3)n2CC1(C)C(=O)NC1CCCCC1)C1CCCCC1. The summed E-state index contributed by atoms with van der Waals surface area (Å²) in [6.07, 6.45) is 14.6. The van der Waals surface area contributed by atoms with Gasteiger partial charge in [0.25, 0.3) is 5.91 Å². The van der Waals surface area contributed by atoms with Crippen molar-refractivity contribution in [3.63, 3.8) is 0 Å². The van der Waals surface area contributed by atoms with Crippen molar-refractivity contribution in [2.45, 2.75) is 102 Å². The fraction of sp³-hybridized carbons (Fsp3) is 0.655. The molecule has 0 spiro atoms. The smallest absolute Gasteiger partial charge is 0.271 e. The number of hydrogen-bond acceptors (Lipinski definition) is 4. The van der Waals surface area contributed by atoms with Crippen molar-refractivity contribution in [2.75, 3.05) is 20.1 Å². The van der Waals surface area contributed by atoms with Gasteiger partial charge in [-0.2, -0.15) is 0 Å². The molecule has 3 aliphatic rings. The molecular formula is C29H42N4O3. The van der Waals surface area contributed by atoms with Crippen LogP contribution in [0.5, 0.6) is 0 Å². The predicted molar refractivity (Wildman–Crippen MR) is 141 cm³/mol. The van der Waals surface area contributed by atoms with Crippen LogP contribution in [0.1, 0.15) is 88.0 Å². The number of furan rings is 1. The molecule has 2 fully saturated rings. The van der Waals surface area contributed by atoms with Crippen LogP contribution in [0.15, 0.2) is 34.9 Å². The van der Waals surface area contributed by atoms with Gasteiger partial charge in [-0.1, -0.05) is 38.5 Å². The van der Waals surface area contributed by atoms with Crippen LogP contribution in [0.25, 0.3) is 11.5 Å². The van der Waals surface area contributed by atoms with Crippen LogP contribution in [0, 0.1) is 0 Å². The molecule has 36 heavy (non-hydrogen) atoms. The molecule has 1 unspecified atom stereocenters. The van der Waals surface area contributed by atoms with Crippen molar-refractivity contribution < 1.29 is 14.0 Å². The van der Waals surface area contributed by atoms with Crippen LogP contribution in [0.3, 0.4) is 0 Å².